The van der Waals surface area contributed by atoms with E-state index in [1.165, 1.54) is 24.2 Å². The van der Waals surface area contributed by atoms with Gasteiger partial charge in [-0.15, -0.1) is 11.8 Å². The minimum absolute atomic E-state index is 0.623. The molecule has 0 radical (unpaired) electrons. The molecule has 0 saturated heterocycles. The molecule has 0 amide bonds. The van der Waals surface area contributed by atoms with E-state index in [0.29, 0.717) is 5.25 Å². The number of unbranched alkanes of at least 4 members (excludes halogenated alkanes) is 2. The number of nitrogens with one attached hydrogen (secondary N) is 1. The van der Waals surface area contributed by atoms with Crippen LogP contribution in [0.2, 0.25) is 0 Å². The number of halogens is 1. The Morgan fingerprint density at radius 1 is 1.24 bits per heavy atom. The van der Waals surface area contributed by atoms with Crippen LogP contribution >= 0.6 is 27.7 Å². The standard InChI is InChI=1S/C14H22BrNS/c1-3-4-5-10-16-11-12(2)17-14-8-6-13(15)7-9-14/h6-9,12,16H,3-5,10-11H2,1-2H3. The predicted molar refractivity (Wildman–Crippen MR) is 81.9 cm³/mol. The number of rotatable bonds is 8. The molecule has 0 aliphatic heterocycles. The molecule has 1 nitrogen and oxygen atoms in total. The first-order valence-corrected chi connectivity index (χ1v) is 8.02. The van der Waals surface area contributed by atoms with Crippen LogP contribution in [0.25, 0.3) is 0 Å². The smallest absolute Gasteiger partial charge is 0.0191 e. The Hall–Kier alpha value is 0.01000. The lowest BCUT2D eigenvalue weighted by Crippen LogP contribution is -2.23. The number of hydrogen-bond acceptors (Lipinski definition) is 2. The van der Waals surface area contributed by atoms with E-state index in [-0.39, 0.29) is 0 Å². The summed E-state index contributed by atoms with van der Waals surface area (Å²) in [5.41, 5.74) is 0. The van der Waals surface area contributed by atoms with E-state index in [4.69, 9.17) is 0 Å². The average Bonchev–Trinajstić information content (AvgIpc) is 2.32. The van der Waals surface area contributed by atoms with Gasteiger partial charge in [-0.3, -0.25) is 0 Å². The normalized spacial score (nSPS) is 12.6. The Morgan fingerprint density at radius 2 is 1.94 bits per heavy atom. The van der Waals surface area contributed by atoms with Crippen LogP contribution in [-0.2, 0) is 0 Å². The lowest BCUT2D eigenvalue weighted by molar-refractivity contribution is 0.616. The van der Waals surface area contributed by atoms with Crippen molar-refractivity contribution in [3.8, 4) is 0 Å². The summed E-state index contributed by atoms with van der Waals surface area (Å²) in [6, 6.07) is 8.54. The SMILES string of the molecule is CCCCCNCC(C)Sc1ccc(Br)cc1. The van der Waals surface area contributed by atoms with Crippen LogP contribution in [0.15, 0.2) is 33.6 Å². The zero-order valence-electron chi connectivity index (χ0n) is 10.7. The van der Waals surface area contributed by atoms with Crippen molar-refractivity contribution < 1.29 is 0 Å². The van der Waals surface area contributed by atoms with E-state index in [1.54, 1.807) is 0 Å². The molecule has 0 aliphatic carbocycles. The van der Waals surface area contributed by atoms with Gasteiger partial charge in [-0.05, 0) is 37.2 Å². The summed E-state index contributed by atoms with van der Waals surface area (Å²) in [7, 11) is 0. The van der Waals surface area contributed by atoms with Crippen molar-refractivity contribution >= 4 is 27.7 Å². The van der Waals surface area contributed by atoms with Gasteiger partial charge in [-0.2, -0.15) is 0 Å². The van der Waals surface area contributed by atoms with E-state index < -0.39 is 0 Å². The molecule has 0 saturated carbocycles. The van der Waals surface area contributed by atoms with E-state index >= 15 is 0 Å². The van der Waals surface area contributed by atoms with Gasteiger partial charge in [-0.25, -0.2) is 0 Å². The molecule has 0 bridgehead atoms. The summed E-state index contributed by atoms with van der Waals surface area (Å²) in [6.45, 7) is 6.76. The topological polar surface area (TPSA) is 12.0 Å². The molecule has 3 heteroatoms. The second kappa shape index (κ2) is 9.01. The number of benzene rings is 1. The van der Waals surface area contributed by atoms with E-state index in [1.807, 2.05) is 11.8 Å². The maximum Gasteiger partial charge on any atom is 0.0191 e. The minimum Gasteiger partial charge on any atom is -0.316 e. The van der Waals surface area contributed by atoms with Crippen molar-refractivity contribution in [1.82, 2.24) is 5.32 Å². The molecule has 1 unspecified atom stereocenters. The van der Waals surface area contributed by atoms with Crippen molar-refractivity contribution in [2.45, 2.75) is 43.3 Å². The lowest BCUT2D eigenvalue weighted by atomic mass is 10.2. The highest BCUT2D eigenvalue weighted by Crippen LogP contribution is 2.24. The van der Waals surface area contributed by atoms with Crippen LogP contribution in [0.4, 0.5) is 0 Å². The summed E-state index contributed by atoms with van der Waals surface area (Å²) in [5.74, 6) is 0. The van der Waals surface area contributed by atoms with Crippen molar-refractivity contribution in [3.63, 3.8) is 0 Å². The third-order valence-corrected chi connectivity index (χ3v) is 4.18. The molecule has 1 rings (SSSR count). The van der Waals surface area contributed by atoms with E-state index in [9.17, 15) is 0 Å². The summed E-state index contributed by atoms with van der Waals surface area (Å²) >= 11 is 5.39. The Labute approximate surface area is 118 Å². The Morgan fingerprint density at radius 3 is 2.59 bits per heavy atom. The fraction of sp³-hybridized carbons (Fsp3) is 0.571. The molecule has 0 spiro atoms. The summed E-state index contributed by atoms with van der Waals surface area (Å²) in [4.78, 5) is 1.34. The minimum atomic E-state index is 0.623. The van der Waals surface area contributed by atoms with Gasteiger partial charge in [0.15, 0.2) is 0 Å². The van der Waals surface area contributed by atoms with Gasteiger partial charge < -0.3 is 5.32 Å². The molecule has 17 heavy (non-hydrogen) atoms. The highest BCUT2D eigenvalue weighted by molar-refractivity contribution is 9.10. The van der Waals surface area contributed by atoms with Crippen molar-refractivity contribution in [1.29, 1.82) is 0 Å². The molecule has 0 fully saturated rings. The average molecular weight is 316 g/mol. The highest BCUT2D eigenvalue weighted by atomic mass is 79.9. The van der Waals surface area contributed by atoms with Crippen molar-refractivity contribution in [2.24, 2.45) is 0 Å². The third-order valence-electron chi connectivity index (χ3n) is 2.54. The highest BCUT2D eigenvalue weighted by Gasteiger charge is 2.03. The van der Waals surface area contributed by atoms with Crippen LogP contribution < -0.4 is 5.32 Å². The lowest BCUT2D eigenvalue weighted by Gasteiger charge is -2.12. The van der Waals surface area contributed by atoms with Gasteiger partial charge in [0.05, 0.1) is 0 Å². The van der Waals surface area contributed by atoms with Gasteiger partial charge in [0.25, 0.3) is 0 Å². The third kappa shape index (κ3) is 7.12. The molecule has 1 aromatic rings. The molecular formula is C14H22BrNS. The zero-order chi connectivity index (χ0) is 12.5. The van der Waals surface area contributed by atoms with Gasteiger partial charge in [-0.1, -0.05) is 42.6 Å². The molecule has 0 heterocycles. The summed E-state index contributed by atoms with van der Waals surface area (Å²) in [5, 5.41) is 4.14. The fourth-order valence-corrected chi connectivity index (χ4v) is 2.82. The van der Waals surface area contributed by atoms with Crippen molar-refractivity contribution in [3.05, 3.63) is 28.7 Å². The summed E-state index contributed by atoms with van der Waals surface area (Å²) < 4.78 is 1.15. The van der Waals surface area contributed by atoms with Crippen LogP contribution in [0, 0.1) is 0 Å². The number of hydrogen-bond donors (Lipinski definition) is 1. The monoisotopic (exact) mass is 315 g/mol. The molecule has 1 aromatic carbocycles. The van der Waals surface area contributed by atoms with Crippen molar-refractivity contribution in [2.75, 3.05) is 13.1 Å². The maximum absolute atomic E-state index is 3.52. The Balaban J connectivity index is 2.16. The van der Waals surface area contributed by atoms with Crippen LogP contribution in [0.5, 0.6) is 0 Å². The molecule has 0 aliphatic rings. The predicted octanol–water partition coefficient (Wildman–Crippen LogP) is 4.71. The first kappa shape index (κ1) is 15.1. The molecule has 1 N–H and O–H groups in total. The first-order chi connectivity index (χ1) is 8.22. The molecule has 96 valence electrons. The first-order valence-electron chi connectivity index (χ1n) is 6.35. The Kier molecular flexibility index (Phi) is 7.99. The molecular weight excluding hydrogens is 294 g/mol. The Bertz CT molecular complexity index is 300. The molecule has 1 atom stereocenters. The van der Waals surface area contributed by atoms with Gasteiger partial charge in [0, 0.05) is 21.2 Å². The quantitative estimate of drug-likeness (QED) is 0.551. The number of thioether (sulfide) groups is 1. The van der Waals surface area contributed by atoms with Crippen LogP contribution in [0.1, 0.15) is 33.1 Å². The van der Waals surface area contributed by atoms with Crippen LogP contribution in [-0.4, -0.2) is 18.3 Å². The molecule has 0 aromatic heterocycles. The van der Waals surface area contributed by atoms with E-state index in [0.717, 1.165) is 17.6 Å². The van der Waals surface area contributed by atoms with Gasteiger partial charge in [0.2, 0.25) is 0 Å². The summed E-state index contributed by atoms with van der Waals surface area (Å²) in [6.07, 6.45) is 3.93. The van der Waals surface area contributed by atoms with Gasteiger partial charge >= 0.3 is 0 Å². The largest absolute Gasteiger partial charge is 0.316 e. The van der Waals surface area contributed by atoms with E-state index in [2.05, 4.69) is 59.4 Å². The second-order valence-electron chi connectivity index (χ2n) is 4.29. The van der Waals surface area contributed by atoms with Crippen LogP contribution in [0.3, 0.4) is 0 Å². The van der Waals surface area contributed by atoms with Gasteiger partial charge in [0.1, 0.15) is 0 Å². The fourth-order valence-electron chi connectivity index (χ4n) is 1.59. The second-order valence-corrected chi connectivity index (χ2v) is 6.72. The maximum atomic E-state index is 3.52. The zero-order valence-corrected chi connectivity index (χ0v) is 13.1.